The second-order valence-corrected chi connectivity index (χ2v) is 21.8. The van der Waals surface area contributed by atoms with Crippen LogP contribution in [0.15, 0.2) is 131 Å². The number of carboxylic acids is 1. The Hall–Kier alpha value is -9.66. The van der Waals surface area contributed by atoms with Crippen molar-refractivity contribution in [2.24, 2.45) is 10.8 Å². The maximum atomic E-state index is 14.0. The summed E-state index contributed by atoms with van der Waals surface area (Å²) < 4.78 is 145. The van der Waals surface area contributed by atoms with Gasteiger partial charge in [0, 0.05) is 122 Å². The molecule has 12 rings (SSSR count). The third-order valence-corrected chi connectivity index (χ3v) is 14.8. The molecule has 87 heavy (non-hydrogen) atoms. The summed E-state index contributed by atoms with van der Waals surface area (Å²) in [7, 11) is 0. The molecule has 2 saturated carbocycles. The molecule has 2 aliphatic heterocycles. The number of aromatic nitrogens is 4. The molecule has 2 aliphatic carbocycles. The molecule has 8 aromatic rings. The zero-order chi connectivity index (χ0) is 62.3. The molecular formula is C60H50F10N10O7. The van der Waals surface area contributed by atoms with E-state index >= 15 is 0 Å². The monoisotopic (exact) mass is 1210 g/mol. The van der Waals surface area contributed by atoms with Crippen molar-refractivity contribution in [3.8, 4) is 22.5 Å². The number of alkyl halides is 10. The first-order chi connectivity index (χ1) is 41.0. The van der Waals surface area contributed by atoms with Gasteiger partial charge in [-0.1, -0.05) is 0 Å². The van der Waals surface area contributed by atoms with Crippen molar-refractivity contribution in [3.05, 3.63) is 167 Å². The van der Waals surface area contributed by atoms with E-state index in [1.54, 1.807) is 24.3 Å². The van der Waals surface area contributed by atoms with Crippen molar-refractivity contribution in [3.63, 3.8) is 0 Å². The Balaban J connectivity index is 0.000000170. The summed E-state index contributed by atoms with van der Waals surface area (Å²) in [6.45, 7) is 1.80. The molecule has 27 heteroatoms. The van der Waals surface area contributed by atoms with Crippen LogP contribution in [0.4, 0.5) is 55.5 Å². The molecule has 8 heterocycles. The molecule has 8 N–H and O–H groups in total. The van der Waals surface area contributed by atoms with Crippen LogP contribution in [-0.2, 0) is 35.0 Å². The number of carbonyl (C=O) groups is 4. The summed E-state index contributed by atoms with van der Waals surface area (Å²) in [4.78, 5) is 65.5. The van der Waals surface area contributed by atoms with E-state index in [1.165, 1.54) is 96.3 Å². The van der Waals surface area contributed by atoms with Crippen LogP contribution >= 0.6 is 0 Å². The molecule has 3 amide bonds. The third-order valence-electron chi connectivity index (χ3n) is 14.8. The Bertz CT molecular complexity index is 3950. The van der Waals surface area contributed by atoms with Crippen LogP contribution in [0.1, 0.15) is 80.2 Å². The number of aromatic carboxylic acids is 1. The van der Waals surface area contributed by atoms with Crippen molar-refractivity contribution >= 4 is 69.4 Å². The number of carboxylic acid groups (broad SMARTS) is 1. The average molecular weight is 1210 g/mol. The molecule has 452 valence electrons. The number of amides is 3. The highest BCUT2D eigenvalue weighted by Crippen LogP contribution is 2.57. The smallest absolute Gasteiger partial charge is 0.420 e. The van der Waals surface area contributed by atoms with Crippen molar-refractivity contribution in [1.29, 1.82) is 0 Å². The first-order valence-corrected chi connectivity index (χ1v) is 26.6. The number of benzene rings is 2. The summed E-state index contributed by atoms with van der Waals surface area (Å²) in [6, 6.07) is 19.5. The number of halogens is 10. The number of furan rings is 2. The van der Waals surface area contributed by atoms with Gasteiger partial charge in [-0.3, -0.25) is 24.4 Å². The largest absolute Gasteiger partial charge is 0.478 e. The lowest BCUT2D eigenvalue weighted by atomic mass is 9.61. The number of anilines is 2. The van der Waals surface area contributed by atoms with Gasteiger partial charge in [0.05, 0.1) is 46.7 Å². The fourth-order valence-electron chi connectivity index (χ4n) is 10.7. The molecule has 2 spiro atoms. The minimum absolute atomic E-state index is 0.0174. The van der Waals surface area contributed by atoms with Gasteiger partial charge in [-0.15, -0.1) is 0 Å². The van der Waals surface area contributed by atoms with Crippen molar-refractivity contribution in [2.75, 3.05) is 37.6 Å². The van der Waals surface area contributed by atoms with E-state index in [9.17, 15) is 63.1 Å². The fraction of sp³-hybridized carbons (Fsp3) is 0.267. The number of rotatable bonds is 12. The molecule has 0 bridgehead atoms. The number of hydrogen-bond acceptors (Lipinski definition) is 13. The molecule has 4 aliphatic rings. The number of hydrogen-bond donors (Lipinski definition) is 6. The quantitative estimate of drug-likeness (QED) is 0.0491. The van der Waals surface area contributed by atoms with E-state index in [0.717, 1.165) is 31.4 Å². The van der Waals surface area contributed by atoms with Gasteiger partial charge >= 0.3 is 18.3 Å². The van der Waals surface area contributed by atoms with Crippen LogP contribution < -0.4 is 27.4 Å². The van der Waals surface area contributed by atoms with E-state index in [2.05, 4.69) is 35.9 Å². The molecule has 0 radical (unpaired) electrons. The molecule has 0 atom stereocenters. The summed E-state index contributed by atoms with van der Waals surface area (Å²) in [5.41, 5.74) is 9.79. The molecule has 4 fully saturated rings. The van der Waals surface area contributed by atoms with Crippen molar-refractivity contribution < 1.29 is 77.0 Å². The SMILES string of the molecule is FC1(F)CC2(CNC2)C1.Nc1ccc(/C=C/C(=O)NCc2cc3cc(-c4ccc(C(=O)N5CC6(C5)CC(F)(F)C6)cn4)cc(C(F)(F)F)c3o2)cn1.Nc1ccc(/C=C/C(=O)NCc2cc3cc(-c4ccc(C(=O)O)cn4)cc(C(F)(F)F)c3o2)cn1. The number of fused-ring (bicyclic) bond motifs is 2. The lowest BCUT2D eigenvalue weighted by molar-refractivity contribution is -0.203. The molecule has 2 saturated heterocycles. The Morgan fingerprint density at radius 2 is 1.02 bits per heavy atom. The minimum Gasteiger partial charge on any atom is -0.478 e. The number of nitrogens with two attached hydrogens (primary N) is 2. The van der Waals surface area contributed by atoms with Crippen LogP contribution in [0.3, 0.4) is 0 Å². The Kier molecular flexibility index (Phi) is 16.2. The maximum absolute atomic E-state index is 14.0. The number of nitrogens with one attached hydrogen (secondary N) is 3. The van der Waals surface area contributed by atoms with Crippen LogP contribution in [0, 0.1) is 10.8 Å². The van der Waals surface area contributed by atoms with Gasteiger partial charge in [-0.05, 0) is 108 Å². The molecular weight excluding hydrogens is 1160 g/mol. The highest BCUT2D eigenvalue weighted by molar-refractivity contribution is 5.96. The highest BCUT2D eigenvalue weighted by Gasteiger charge is 2.62. The molecule has 2 aromatic carbocycles. The van der Waals surface area contributed by atoms with Gasteiger partial charge in [-0.25, -0.2) is 32.3 Å². The topological polar surface area (TPSA) is 258 Å². The molecule has 17 nitrogen and oxygen atoms in total. The number of carbonyl (C=O) groups excluding carboxylic acids is 3. The van der Waals surface area contributed by atoms with Crippen LogP contribution in [0.2, 0.25) is 0 Å². The minimum atomic E-state index is -4.75. The van der Waals surface area contributed by atoms with E-state index < -0.39 is 58.5 Å². The second-order valence-electron chi connectivity index (χ2n) is 21.8. The van der Waals surface area contributed by atoms with Crippen LogP contribution in [-0.4, -0.2) is 91.7 Å². The van der Waals surface area contributed by atoms with E-state index in [1.807, 2.05) is 0 Å². The number of pyridine rings is 4. The Morgan fingerprint density at radius 1 is 0.586 bits per heavy atom. The average Bonchev–Trinajstić information content (AvgIpc) is 1.43. The summed E-state index contributed by atoms with van der Waals surface area (Å²) in [5, 5.41) is 17.4. The van der Waals surface area contributed by atoms with Crippen LogP contribution in [0.5, 0.6) is 0 Å². The summed E-state index contributed by atoms with van der Waals surface area (Å²) >= 11 is 0. The first kappa shape index (κ1) is 60.5. The second kappa shape index (κ2) is 23.3. The van der Waals surface area contributed by atoms with E-state index in [0.29, 0.717) is 22.8 Å². The lowest BCUT2D eigenvalue weighted by Crippen LogP contribution is -2.66. The number of likely N-dealkylation sites (tertiary alicyclic amines) is 1. The van der Waals surface area contributed by atoms with Gasteiger partial charge in [0.15, 0.2) is 0 Å². The molecule has 6 aromatic heterocycles. The zero-order valence-electron chi connectivity index (χ0n) is 45.3. The Labute approximate surface area is 486 Å². The summed E-state index contributed by atoms with van der Waals surface area (Å²) in [6.07, 6.45) is 1.14. The van der Waals surface area contributed by atoms with Crippen molar-refractivity contribution in [2.45, 2.75) is 63.0 Å². The lowest BCUT2D eigenvalue weighted by Gasteiger charge is -2.58. The highest BCUT2D eigenvalue weighted by atomic mass is 19.4. The van der Waals surface area contributed by atoms with Gasteiger partial charge in [0.25, 0.3) is 5.91 Å². The maximum Gasteiger partial charge on any atom is 0.420 e. The van der Waals surface area contributed by atoms with E-state index in [4.69, 9.17) is 25.4 Å². The predicted molar refractivity (Wildman–Crippen MR) is 297 cm³/mol. The zero-order valence-corrected chi connectivity index (χ0v) is 45.3. The fourth-order valence-corrected chi connectivity index (χ4v) is 10.7. The van der Waals surface area contributed by atoms with Crippen molar-refractivity contribution in [1.82, 2.24) is 40.8 Å². The third kappa shape index (κ3) is 14.2. The van der Waals surface area contributed by atoms with Gasteiger partial charge in [0.2, 0.25) is 23.7 Å². The van der Waals surface area contributed by atoms with E-state index in [-0.39, 0.29) is 130 Å². The normalized spacial score (nSPS) is 16.9. The number of nitrogens with zero attached hydrogens (tertiary/aromatic N) is 5. The first-order valence-electron chi connectivity index (χ1n) is 26.6. The molecule has 0 unspecified atom stereocenters. The predicted octanol–water partition coefficient (Wildman–Crippen LogP) is 11.2. The standard InChI is InChI=1S/C30H24F5N5O3.C24H17F3N4O4.C6H9F2N/c31-29(32)13-28(14-29)15-40(16-28)27(42)18-3-4-23(37-11-18)19-7-20-8-21(43-26(20)22(9-19)30(33,34)35)12-39-25(41)6-2-17-1-5-24(36)38-10-17;25-24(26,27)18-9-15(19-4-3-14(11-29-19)23(33)34)7-16-8-17(35-22(16)18)12-31-21(32)6-2-13-1-5-20(28)30-10-13;7-6(8)1-5(2-6)3-9-4-5/h1-11H,12-16H2,(H2,36,38)(H,39,41);1-11H,12H2,(H2,28,30)(H,31,32)(H,33,34);9H,1-4H2/b2*6-2+;. The summed E-state index contributed by atoms with van der Waals surface area (Å²) in [5.74, 6) is -6.65. The van der Waals surface area contributed by atoms with Crippen LogP contribution in [0.25, 0.3) is 56.6 Å². The van der Waals surface area contributed by atoms with Gasteiger partial charge in [-0.2, -0.15) is 26.3 Å². The van der Waals surface area contributed by atoms with Gasteiger partial charge in [0.1, 0.15) is 34.3 Å². The Morgan fingerprint density at radius 3 is 1.37 bits per heavy atom. The number of nitrogen functional groups attached to an aromatic ring is 2. The van der Waals surface area contributed by atoms with Gasteiger partial charge < -0.3 is 46.3 Å².